The fourth-order valence-electron chi connectivity index (χ4n) is 1.31. The first-order chi connectivity index (χ1) is 8.76. The largest absolute Gasteiger partial charge is 0.440 e. The van der Waals surface area contributed by atoms with Crippen LogP contribution in [-0.2, 0) is 9.47 Å². The molecule has 19 heavy (non-hydrogen) atoms. The molecule has 0 aliphatic carbocycles. The molecule has 0 unspecified atom stereocenters. The molecule has 0 saturated heterocycles. The number of nitrogens with zero attached hydrogens (tertiary/aromatic N) is 2. The second-order valence-electron chi connectivity index (χ2n) is 4.31. The summed E-state index contributed by atoms with van der Waals surface area (Å²) < 4.78 is 44.9. The van der Waals surface area contributed by atoms with Crippen molar-refractivity contribution in [2.45, 2.75) is 12.6 Å². The molecule has 0 aromatic carbocycles. The monoisotopic (exact) mass is 286 g/mol. The summed E-state index contributed by atoms with van der Waals surface area (Å²) in [7, 11) is 5.21. The number of amides is 1. The lowest BCUT2D eigenvalue weighted by Crippen LogP contribution is -2.38. The van der Waals surface area contributed by atoms with Gasteiger partial charge in [0.2, 0.25) is 0 Å². The molecule has 0 aromatic rings. The average Bonchev–Trinajstić information content (AvgIpc) is 2.29. The Labute approximate surface area is 111 Å². The van der Waals surface area contributed by atoms with Crippen molar-refractivity contribution in [2.75, 3.05) is 54.1 Å². The molecule has 0 aliphatic heterocycles. The molecular formula is C11H21F3N2O3. The number of alkyl halides is 3. The molecular weight excluding hydrogens is 265 g/mol. The van der Waals surface area contributed by atoms with Gasteiger partial charge in [-0.1, -0.05) is 0 Å². The SMILES string of the molecule is COCCN(CCCN(C)C)C(=O)OCC(F)(F)F. The van der Waals surface area contributed by atoms with Crippen LogP contribution in [0.4, 0.5) is 18.0 Å². The first-order valence-electron chi connectivity index (χ1n) is 5.88. The summed E-state index contributed by atoms with van der Waals surface area (Å²) in [5.41, 5.74) is 0. The maximum Gasteiger partial charge on any atom is 0.422 e. The molecule has 0 heterocycles. The van der Waals surface area contributed by atoms with Gasteiger partial charge in [-0.05, 0) is 27.1 Å². The number of rotatable bonds is 8. The Morgan fingerprint density at radius 1 is 1.16 bits per heavy atom. The standard InChI is InChI=1S/C11H21F3N2O3/c1-15(2)5-4-6-16(7-8-18-3)10(17)19-9-11(12,13)14/h4-9H2,1-3H3. The van der Waals surface area contributed by atoms with E-state index >= 15 is 0 Å². The number of hydrogen-bond acceptors (Lipinski definition) is 4. The lowest BCUT2D eigenvalue weighted by atomic mass is 10.3. The molecule has 0 spiro atoms. The highest BCUT2D eigenvalue weighted by molar-refractivity contribution is 5.67. The minimum Gasteiger partial charge on any atom is -0.440 e. The molecule has 0 rings (SSSR count). The quantitative estimate of drug-likeness (QED) is 0.679. The first-order valence-corrected chi connectivity index (χ1v) is 5.88. The normalized spacial score (nSPS) is 11.7. The van der Waals surface area contributed by atoms with Crippen LogP contribution in [0.2, 0.25) is 0 Å². The molecule has 0 aliphatic rings. The number of methoxy groups -OCH3 is 1. The molecule has 0 aromatic heterocycles. The Morgan fingerprint density at radius 3 is 2.26 bits per heavy atom. The Hall–Kier alpha value is -1.02. The summed E-state index contributed by atoms with van der Waals surface area (Å²) in [4.78, 5) is 14.7. The first kappa shape index (κ1) is 18.0. The molecule has 0 saturated carbocycles. The second kappa shape index (κ2) is 8.98. The lowest BCUT2D eigenvalue weighted by Gasteiger charge is -2.23. The Morgan fingerprint density at radius 2 is 1.79 bits per heavy atom. The van der Waals surface area contributed by atoms with Crippen LogP contribution < -0.4 is 0 Å². The minimum atomic E-state index is -4.51. The van der Waals surface area contributed by atoms with Gasteiger partial charge in [0.15, 0.2) is 6.61 Å². The third-order valence-electron chi connectivity index (χ3n) is 2.22. The van der Waals surface area contributed by atoms with Gasteiger partial charge in [0.1, 0.15) is 0 Å². The van der Waals surface area contributed by atoms with Gasteiger partial charge in [0, 0.05) is 20.2 Å². The second-order valence-corrected chi connectivity index (χ2v) is 4.31. The van der Waals surface area contributed by atoms with E-state index in [1.165, 1.54) is 12.0 Å². The van der Waals surface area contributed by atoms with Crippen molar-refractivity contribution in [3.63, 3.8) is 0 Å². The zero-order valence-electron chi connectivity index (χ0n) is 11.5. The van der Waals surface area contributed by atoms with Crippen molar-refractivity contribution in [1.82, 2.24) is 9.80 Å². The van der Waals surface area contributed by atoms with E-state index in [1.54, 1.807) is 0 Å². The van der Waals surface area contributed by atoms with Gasteiger partial charge in [0.25, 0.3) is 0 Å². The van der Waals surface area contributed by atoms with E-state index in [1.807, 2.05) is 19.0 Å². The van der Waals surface area contributed by atoms with E-state index in [4.69, 9.17) is 4.74 Å². The van der Waals surface area contributed by atoms with Gasteiger partial charge in [-0.3, -0.25) is 0 Å². The zero-order chi connectivity index (χ0) is 14.9. The molecule has 0 atom stereocenters. The lowest BCUT2D eigenvalue weighted by molar-refractivity contribution is -0.162. The van der Waals surface area contributed by atoms with Crippen LogP contribution in [-0.4, -0.2) is 76.1 Å². The van der Waals surface area contributed by atoms with E-state index in [-0.39, 0.29) is 13.2 Å². The Bertz CT molecular complexity index is 260. The van der Waals surface area contributed by atoms with Gasteiger partial charge in [0.05, 0.1) is 6.61 Å². The van der Waals surface area contributed by atoms with Crippen molar-refractivity contribution in [3.8, 4) is 0 Å². The van der Waals surface area contributed by atoms with Gasteiger partial charge in [-0.2, -0.15) is 13.2 Å². The van der Waals surface area contributed by atoms with Crippen molar-refractivity contribution in [1.29, 1.82) is 0 Å². The smallest absolute Gasteiger partial charge is 0.422 e. The summed E-state index contributed by atoms with van der Waals surface area (Å²) in [6, 6.07) is 0. The van der Waals surface area contributed by atoms with E-state index in [0.29, 0.717) is 13.0 Å². The number of halogens is 3. The van der Waals surface area contributed by atoms with Crippen LogP contribution in [0.15, 0.2) is 0 Å². The highest BCUT2D eigenvalue weighted by Gasteiger charge is 2.30. The van der Waals surface area contributed by atoms with Crippen LogP contribution >= 0.6 is 0 Å². The summed E-state index contributed by atoms with van der Waals surface area (Å²) >= 11 is 0. The number of hydrogen-bond donors (Lipinski definition) is 0. The van der Waals surface area contributed by atoms with Crippen molar-refractivity contribution < 1.29 is 27.4 Å². The van der Waals surface area contributed by atoms with Crippen molar-refractivity contribution >= 4 is 6.09 Å². The molecule has 8 heteroatoms. The molecule has 5 nitrogen and oxygen atoms in total. The third-order valence-corrected chi connectivity index (χ3v) is 2.22. The van der Waals surface area contributed by atoms with E-state index < -0.39 is 18.9 Å². The minimum absolute atomic E-state index is 0.209. The molecule has 0 radical (unpaired) electrons. The van der Waals surface area contributed by atoms with Gasteiger partial charge >= 0.3 is 12.3 Å². The van der Waals surface area contributed by atoms with Crippen LogP contribution in [0, 0.1) is 0 Å². The fourth-order valence-corrected chi connectivity index (χ4v) is 1.31. The van der Waals surface area contributed by atoms with E-state index in [2.05, 4.69) is 4.74 Å². The summed E-state index contributed by atoms with van der Waals surface area (Å²) in [5, 5.41) is 0. The van der Waals surface area contributed by atoms with Gasteiger partial charge in [-0.15, -0.1) is 0 Å². The maximum atomic E-state index is 12.0. The Balaban J connectivity index is 4.18. The highest BCUT2D eigenvalue weighted by Crippen LogP contribution is 2.15. The predicted molar refractivity (Wildman–Crippen MR) is 64.0 cm³/mol. The molecule has 0 bridgehead atoms. The van der Waals surface area contributed by atoms with Crippen LogP contribution in [0.1, 0.15) is 6.42 Å². The van der Waals surface area contributed by atoms with Crippen LogP contribution in [0.25, 0.3) is 0 Å². The Kier molecular flexibility index (Phi) is 8.49. The molecule has 0 N–H and O–H groups in total. The summed E-state index contributed by atoms with van der Waals surface area (Å²) in [6.07, 6.45) is -4.82. The van der Waals surface area contributed by atoms with E-state index in [0.717, 1.165) is 6.54 Å². The van der Waals surface area contributed by atoms with Gasteiger partial charge < -0.3 is 19.3 Å². The van der Waals surface area contributed by atoms with Crippen molar-refractivity contribution in [2.24, 2.45) is 0 Å². The van der Waals surface area contributed by atoms with Crippen LogP contribution in [0.3, 0.4) is 0 Å². The highest BCUT2D eigenvalue weighted by atomic mass is 19.4. The van der Waals surface area contributed by atoms with Crippen LogP contribution in [0.5, 0.6) is 0 Å². The molecule has 0 fully saturated rings. The number of carbonyl (C=O) groups is 1. The van der Waals surface area contributed by atoms with Gasteiger partial charge in [-0.25, -0.2) is 4.79 Å². The summed E-state index contributed by atoms with van der Waals surface area (Å²) in [6.45, 7) is -0.0407. The number of carbonyl (C=O) groups excluding carboxylic acids is 1. The fraction of sp³-hybridized carbons (Fsp3) is 0.909. The zero-order valence-corrected chi connectivity index (χ0v) is 11.5. The number of ether oxygens (including phenoxy) is 2. The molecule has 1 amide bonds. The average molecular weight is 286 g/mol. The topological polar surface area (TPSA) is 42.0 Å². The molecule has 114 valence electrons. The maximum absolute atomic E-state index is 12.0. The van der Waals surface area contributed by atoms with Crippen molar-refractivity contribution in [3.05, 3.63) is 0 Å². The predicted octanol–water partition coefficient (Wildman–Crippen LogP) is 1.59. The third kappa shape index (κ3) is 10.6. The summed E-state index contributed by atoms with van der Waals surface area (Å²) in [5.74, 6) is 0. The van der Waals surface area contributed by atoms with E-state index in [9.17, 15) is 18.0 Å².